The molecule has 1 aromatic rings. The third kappa shape index (κ3) is 3.05. The van der Waals surface area contributed by atoms with E-state index < -0.39 is 0 Å². The van der Waals surface area contributed by atoms with Crippen LogP contribution in [0.5, 0.6) is 0 Å². The van der Waals surface area contributed by atoms with Gasteiger partial charge in [-0.2, -0.15) is 0 Å². The van der Waals surface area contributed by atoms with Crippen LogP contribution in [0, 0.1) is 5.82 Å². The van der Waals surface area contributed by atoms with E-state index in [4.69, 9.17) is 4.74 Å². The van der Waals surface area contributed by atoms with Crippen LogP contribution in [-0.4, -0.2) is 25.3 Å². The summed E-state index contributed by atoms with van der Waals surface area (Å²) in [5, 5.41) is 3.25. The third-order valence-corrected chi connectivity index (χ3v) is 3.48. The highest BCUT2D eigenvalue weighted by atomic mass is 19.1. The number of hydrogen-bond donors (Lipinski definition) is 1. The molecule has 1 aliphatic rings. The van der Waals surface area contributed by atoms with E-state index in [1.165, 1.54) is 6.07 Å². The highest BCUT2D eigenvalue weighted by Gasteiger charge is 2.29. The van der Waals surface area contributed by atoms with Crippen molar-refractivity contribution in [1.82, 2.24) is 5.32 Å². The third-order valence-electron chi connectivity index (χ3n) is 3.48. The minimum Gasteiger partial charge on any atom is -0.374 e. The first-order chi connectivity index (χ1) is 8.20. The van der Waals surface area contributed by atoms with Gasteiger partial charge in [0.25, 0.3) is 0 Å². The van der Waals surface area contributed by atoms with Crippen LogP contribution in [0.1, 0.15) is 25.3 Å². The van der Waals surface area contributed by atoms with Crippen molar-refractivity contribution < 1.29 is 9.13 Å². The maximum absolute atomic E-state index is 13.6. The first kappa shape index (κ1) is 12.5. The lowest BCUT2D eigenvalue weighted by Gasteiger charge is -2.23. The molecule has 1 fully saturated rings. The summed E-state index contributed by atoms with van der Waals surface area (Å²) in [5.41, 5.74) is 0.759. The minimum absolute atomic E-state index is 0.126. The summed E-state index contributed by atoms with van der Waals surface area (Å²) >= 11 is 0. The van der Waals surface area contributed by atoms with Gasteiger partial charge in [-0.3, -0.25) is 0 Å². The summed E-state index contributed by atoms with van der Waals surface area (Å²) in [7, 11) is 1.91. The van der Waals surface area contributed by atoms with Crippen molar-refractivity contribution in [2.45, 2.75) is 44.4 Å². The molecule has 0 aliphatic carbocycles. The van der Waals surface area contributed by atoms with Gasteiger partial charge in [0.2, 0.25) is 0 Å². The molecular weight excluding hydrogens is 217 g/mol. The molecule has 0 saturated carbocycles. The monoisotopic (exact) mass is 237 g/mol. The average molecular weight is 237 g/mol. The van der Waals surface area contributed by atoms with Gasteiger partial charge in [-0.25, -0.2) is 4.39 Å². The van der Waals surface area contributed by atoms with Crippen LogP contribution >= 0.6 is 0 Å². The second-order valence-electron chi connectivity index (χ2n) is 4.75. The molecule has 94 valence electrons. The highest BCUT2D eigenvalue weighted by molar-refractivity contribution is 5.18. The quantitative estimate of drug-likeness (QED) is 0.869. The first-order valence-electron chi connectivity index (χ1n) is 6.27. The van der Waals surface area contributed by atoms with Crippen LogP contribution in [0.15, 0.2) is 24.3 Å². The Morgan fingerprint density at radius 3 is 2.76 bits per heavy atom. The largest absolute Gasteiger partial charge is 0.374 e. The van der Waals surface area contributed by atoms with E-state index in [2.05, 4.69) is 12.2 Å². The van der Waals surface area contributed by atoms with E-state index in [0.717, 1.165) is 18.4 Å². The van der Waals surface area contributed by atoms with Crippen molar-refractivity contribution >= 4 is 0 Å². The molecular formula is C14H20FNO. The highest BCUT2D eigenvalue weighted by Crippen LogP contribution is 2.23. The number of benzene rings is 1. The lowest BCUT2D eigenvalue weighted by Crippen LogP contribution is -2.39. The molecule has 0 bridgehead atoms. The van der Waals surface area contributed by atoms with Crippen LogP contribution in [0.3, 0.4) is 0 Å². The summed E-state index contributed by atoms with van der Waals surface area (Å²) in [6.07, 6.45) is 3.37. The molecule has 3 heteroatoms. The zero-order valence-electron chi connectivity index (χ0n) is 10.4. The minimum atomic E-state index is -0.126. The fourth-order valence-corrected chi connectivity index (χ4v) is 2.45. The predicted octanol–water partition coefficient (Wildman–Crippen LogP) is 2.52. The normalized spacial score (nSPS) is 26.1. The molecule has 1 N–H and O–H groups in total. The topological polar surface area (TPSA) is 21.3 Å². The molecule has 2 rings (SSSR count). The number of nitrogens with one attached hydrogen (secondary N) is 1. The SMILES string of the molecule is CNC(Cc1ccccc1F)C1CCC(C)O1. The number of ether oxygens (including phenoxy) is 1. The Kier molecular flexibility index (Phi) is 4.13. The molecule has 0 radical (unpaired) electrons. The number of likely N-dealkylation sites (N-methyl/N-ethyl adjacent to an activating group) is 1. The first-order valence-corrected chi connectivity index (χ1v) is 6.27. The lowest BCUT2D eigenvalue weighted by molar-refractivity contribution is 0.0336. The molecule has 0 amide bonds. The van der Waals surface area contributed by atoms with Crippen molar-refractivity contribution in [3.63, 3.8) is 0 Å². The van der Waals surface area contributed by atoms with Crippen LogP contribution in [0.25, 0.3) is 0 Å². The Labute approximate surface area is 102 Å². The molecule has 3 unspecified atom stereocenters. The molecule has 0 aromatic heterocycles. The van der Waals surface area contributed by atoms with Crippen LogP contribution in [0.2, 0.25) is 0 Å². The fourth-order valence-electron chi connectivity index (χ4n) is 2.45. The van der Waals surface area contributed by atoms with Crippen molar-refractivity contribution in [2.24, 2.45) is 0 Å². The van der Waals surface area contributed by atoms with Crippen LogP contribution in [0.4, 0.5) is 4.39 Å². The van der Waals surface area contributed by atoms with E-state index in [1.54, 1.807) is 6.07 Å². The standard InChI is InChI=1S/C14H20FNO/c1-10-7-8-14(17-10)13(16-2)9-11-5-3-4-6-12(11)15/h3-6,10,13-14,16H,7-9H2,1-2H3. The number of halogens is 1. The molecule has 1 aromatic carbocycles. The van der Waals surface area contributed by atoms with Gasteiger partial charge in [0.05, 0.1) is 12.2 Å². The summed E-state index contributed by atoms with van der Waals surface area (Å²) < 4.78 is 19.4. The summed E-state index contributed by atoms with van der Waals surface area (Å²) in [4.78, 5) is 0. The Balaban J connectivity index is 2.03. The van der Waals surface area contributed by atoms with Crippen molar-refractivity contribution in [2.75, 3.05) is 7.05 Å². The van der Waals surface area contributed by atoms with Gasteiger partial charge in [-0.05, 0) is 44.9 Å². The second kappa shape index (κ2) is 5.61. The van der Waals surface area contributed by atoms with E-state index in [1.807, 2.05) is 19.2 Å². The second-order valence-corrected chi connectivity index (χ2v) is 4.75. The van der Waals surface area contributed by atoms with Crippen LogP contribution in [-0.2, 0) is 11.2 Å². The number of hydrogen-bond acceptors (Lipinski definition) is 2. The summed E-state index contributed by atoms with van der Waals surface area (Å²) in [6.45, 7) is 2.09. The van der Waals surface area contributed by atoms with Gasteiger partial charge in [-0.1, -0.05) is 18.2 Å². The zero-order chi connectivity index (χ0) is 12.3. The van der Waals surface area contributed by atoms with Crippen molar-refractivity contribution in [1.29, 1.82) is 0 Å². The zero-order valence-corrected chi connectivity index (χ0v) is 10.4. The van der Waals surface area contributed by atoms with Gasteiger partial charge in [-0.15, -0.1) is 0 Å². The smallest absolute Gasteiger partial charge is 0.126 e. The molecule has 3 atom stereocenters. The van der Waals surface area contributed by atoms with Crippen molar-refractivity contribution in [3.05, 3.63) is 35.6 Å². The summed E-state index contributed by atoms with van der Waals surface area (Å²) in [6, 6.07) is 7.15. The molecule has 17 heavy (non-hydrogen) atoms. The van der Waals surface area contributed by atoms with E-state index in [0.29, 0.717) is 12.5 Å². The lowest BCUT2D eigenvalue weighted by atomic mass is 9.99. The van der Waals surface area contributed by atoms with E-state index in [9.17, 15) is 4.39 Å². The van der Waals surface area contributed by atoms with Crippen molar-refractivity contribution in [3.8, 4) is 0 Å². The van der Waals surface area contributed by atoms with Gasteiger partial charge in [0.1, 0.15) is 5.82 Å². The predicted molar refractivity (Wildman–Crippen MR) is 66.5 cm³/mol. The fraction of sp³-hybridized carbons (Fsp3) is 0.571. The molecule has 1 saturated heterocycles. The molecule has 0 spiro atoms. The van der Waals surface area contributed by atoms with E-state index >= 15 is 0 Å². The van der Waals surface area contributed by atoms with E-state index in [-0.39, 0.29) is 18.0 Å². The Morgan fingerprint density at radius 1 is 1.41 bits per heavy atom. The summed E-state index contributed by atoms with van der Waals surface area (Å²) in [5.74, 6) is -0.126. The van der Waals surface area contributed by atoms with Gasteiger partial charge in [0.15, 0.2) is 0 Å². The average Bonchev–Trinajstić information content (AvgIpc) is 2.75. The van der Waals surface area contributed by atoms with Crippen LogP contribution < -0.4 is 5.32 Å². The molecule has 1 heterocycles. The molecule has 1 aliphatic heterocycles. The Morgan fingerprint density at radius 2 is 2.18 bits per heavy atom. The Bertz CT molecular complexity index is 369. The number of rotatable bonds is 4. The maximum atomic E-state index is 13.6. The maximum Gasteiger partial charge on any atom is 0.126 e. The van der Waals surface area contributed by atoms with Gasteiger partial charge in [0, 0.05) is 6.04 Å². The van der Waals surface area contributed by atoms with Gasteiger partial charge >= 0.3 is 0 Å². The van der Waals surface area contributed by atoms with Gasteiger partial charge < -0.3 is 10.1 Å². The molecule has 2 nitrogen and oxygen atoms in total. The Hall–Kier alpha value is -0.930.